The molecule has 0 bridgehead atoms. The van der Waals surface area contributed by atoms with Crippen LogP contribution in [0.15, 0.2) is 6.07 Å². The lowest BCUT2D eigenvalue weighted by atomic mass is 9.96. The molecule has 7 nitrogen and oxygen atoms in total. The van der Waals surface area contributed by atoms with Crippen LogP contribution < -0.4 is 16.8 Å². The zero-order valence-corrected chi connectivity index (χ0v) is 14.6. The summed E-state index contributed by atoms with van der Waals surface area (Å²) in [5.41, 5.74) is 11.6. The number of thiophene rings is 1. The monoisotopic (exact) mass is 349 g/mol. The first-order chi connectivity index (χ1) is 11.5. The minimum Gasteiger partial charge on any atom is -0.368 e. The molecule has 1 saturated carbocycles. The third-order valence-electron chi connectivity index (χ3n) is 4.56. The van der Waals surface area contributed by atoms with Crippen LogP contribution in [0.4, 0.5) is 0 Å². The van der Waals surface area contributed by atoms with Gasteiger partial charge < -0.3 is 16.8 Å². The van der Waals surface area contributed by atoms with E-state index in [9.17, 15) is 9.59 Å². The molecule has 2 heterocycles. The number of nitrogens with zero attached hydrogens (tertiary/aromatic N) is 2. The lowest BCUT2D eigenvalue weighted by molar-refractivity contribution is -0.119. The molecule has 2 aromatic rings. The van der Waals surface area contributed by atoms with E-state index in [0.717, 1.165) is 28.8 Å². The molecule has 0 aromatic carbocycles. The van der Waals surface area contributed by atoms with Gasteiger partial charge in [-0.15, -0.1) is 11.3 Å². The molecule has 1 aliphatic carbocycles. The van der Waals surface area contributed by atoms with Gasteiger partial charge in [0.25, 0.3) is 5.91 Å². The maximum Gasteiger partial charge on any atom is 0.261 e. The van der Waals surface area contributed by atoms with Crippen molar-refractivity contribution in [2.24, 2.45) is 11.5 Å². The predicted octanol–water partition coefficient (Wildman–Crippen LogP) is 1.45. The Morgan fingerprint density at radius 1 is 1.42 bits per heavy atom. The van der Waals surface area contributed by atoms with Gasteiger partial charge in [0.1, 0.15) is 10.9 Å². The van der Waals surface area contributed by atoms with Crippen LogP contribution in [0.3, 0.4) is 0 Å². The topological polar surface area (TPSA) is 116 Å². The number of hydrogen-bond acceptors (Lipinski definition) is 5. The fraction of sp³-hybridized carbons (Fsp3) is 0.562. The van der Waals surface area contributed by atoms with Crippen molar-refractivity contribution in [3.05, 3.63) is 16.6 Å². The molecule has 1 aliphatic rings. The Bertz CT molecular complexity index is 760. The van der Waals surface area contributed by atoms with Crippen molar-refractivity contribution >= 4 is 33.4 Å². The first-order valence-corrected chi connectivity index (χ1v) is 9.10. The summed E-state index contributed by atoms with van der Waals surface area (Å²) in [5.74, 6) is -0.863. The number of hydrogen-bond donors (Lipinski definition) is 3. The van der Waals surface area contributed by atoms with Crippen LogP contribution in [-0.4, -0.2) is 34.2 Å². The minimum absolute atomic E-state index is 0.0378. The molecule has 1 fully saturated rings. The van der Waals surface area contributed by atoms with Gasteiger partial charge in [0.15, 0.2) is 0 Å². The van der Waals surface area contributed by atoms with Gasteiger partial charge in [-0.3, -0.25) is 14.3 Å². The van der Waals surface area contributed by atoms with E-state index in [2.05, 4.69) is 15.1 Å². The lowest BCUT2D eigenvalue weighted by Gasteiger charge is -2.22. The van der Waals surface area contributed by atoms with E-state index in [1.807, 2.05) is 13.0 Å². The van der Waals surface area contributed by atoms with E-state index in [1.165, 1.54) is 30.6 Å². The van der Waals surface area contributed by atoms with Crippen molar-refractivity contribution in [3.63, 3.8) is 0 Å². The number of carbonyl (C=O) groups is 2. The normalized spacial score (nSPS) is 17.1. The number of primary amides is 1. The summed E-state index contributed by atoms with van der Waals surface area (Å²) in [7, 11) is 0. The Balaban J connectivity index is 1.80. The highest BCUT2D eigenvalue weighted by atomic mass is 32.1. The number of fused-ring (bicyclic) bond motifs is 1. The maximum absolute atomic E-state index is 12.3. The largest absolute Gasteiger partial charge is 0.368 e. The highest BCUT2D eigenvalue weighted by Crippen LogP contribution is 2.35. The van der Waals surface area contributed by atoms with Gasteiger partial charge in [-0.25, -0.2) is 0 Å². The summed E-state index contributed by atoms with van der Waals surface area (Å²) in [6.07, 6.45) is 6.04. The first-order valence-electron chi connectivity index (χ1n) is 8.29. The van der Waals surface area contributed by atoms with Gasteiger partial charge in [0, 0.05) is 11.9 Å². The third-order valence-corrected chi connectivity index (χ3v) is 5.68. The average Bonchev–Trinajstić information content (AvgIpc) is 3.14. The molecule has 1 atom stereocenters. The maximum atomic E-state index is 12.3. The zero-order chi connectivity index (χ0) is 17.3. The summed E-state index contributed by atoms with van der Waals surface area (Å²) >= 11 is 1.44. The van der Waals surface area contributed by atoms with Gasteiger partial charge in [0.2, 0.25) is 5.91 Å². The zero-order valence-electron chi connectivity index (χ0n) is 13.7. The lowest BCUT2D eigenvalue weighted by Crippen LogP contribution is -2.45. The molecule has 24 heavy (non-hydrogen) atoms. The van der Waals surface area contributed by atoms with Crippen LogP contribution in [0.1, 0.15) is 53.5 Å². The number of nitrogens with one attached hydrogen (secondary N) is 1. The Hall–Kier alpha value is -1.93. The second-order valence-corrected chi connectivity index (χ2v) is 7.40. The van der Waals surface area contributed by atoms with E-state index in [0.29, 0.717) is 10.9 Å². The summed E-state index contributed by atoms with van der Waals surface area (Å²) in [6.45, 7) is 2.01. The van der Waals surface area contributed by atoms with Crippen LogP contribution >= 0.6 is 11.3 Å². The van der Waals surface area contributed by atoms with E-state index < -0.39 is 11.9 Å². The van der Waals surface area contributed by atoms with Gasteiger partial charge in [0.05, 0.1) is 16.6 Å². The SMILES string of the molecule is Cc1nn(C2CCCCC2)c2sc(C(=O)NCC(N)C(N)=O)cc12. The Kier molecular flexibility index (Phi) is 4.86. The molecule has 2 aromatic heterocycles. The Morgan fingerprint density at radius 3 is 2.79 bits per heavy atom. The summed E-state index contributed by atoms with van der Waals surface area (Å²) < 4.78 is 2.10. The smallest absolute Gasteiger partial charge is 0.261 e. The van der Waals surface area contributed by atoms with Crippen molar-refractivity contribution in [1.29, 1.82) is 0 Å². The van der Waals surface area contributed by atoms with Gasteiger partial charge in [-0.05, 0) is 25.8 Å². The number of carbonyl (C=O) groups excluding carboxylic acids is 2. The van der Waals surface area contributed by atoms with Crippen LogP contribution in [-0.2, 0) is 4.79 Å². The van der Waals surface area contributed by atoms with E-state index in [-0.39, 0.29) is 12.5 Å². The van der Waals surface area contributed by atoms with Gasteiger partial charge in [-0.2, -0.15) is 5.10 Å². The number of aromatic nitrogens is 2. The van der Waals surface area contributed by atoms with E-state index in [4.69, 9.17) is 11.5 Å². The van der Waals surface area contributed by atoms with Crippen molar-refractivity contribution in [3.8, 4) is 0 Å². The quantitative estimate of drug-likeness (QED) is 0.757. The van der Waals surface area contributed by atoms with E-state index in [1.54, 1.807) is 0 Å². The second-order valence-electron chi connectivity index (χ2n) is 6.37. The van der Waals surface area contributed by atoms with E-state index >= 15 is 0 Å². The van der Waals surface area contributed by atoms with Gasteiger partial charge in [-0.1, -0.05) is 19.3 Å². The molecular weight excluding hydrogens is 326 g/mol. The first kappa shape index (κ1) is 16.9. The molecule has 0 saturated heterocycles. The molecule has 0 spiro atoms. The fourth-order valence-electron chi connectivity index (χ4n) is 3.15. The number of aryl methyl sites for hydroxylation is 1. The van der Waals surface area contributed by atoms with Crippen molar-refractivity contribution < 1.29 is 9.59 Å². The molecule has 130 valence electrons. The van der Waals surface area contributed by atoms with Crippen molar-refractivity contribution in [2.45, 2.75) is 51.1 Å². The fourth-order valence-corrected chi connectivity index (χ4v) is 4.30. The molecule has 0 radical (unpaired) electrons. The molecule has 3 rings (SSSR count). The predicted molar refractivity (Wildman–Crippen MR) is 94.0 cm³/mol. The number of nitrogens with two attached hydrogens (primary N) is 2. The molecule has 0 aliphatic heterocycles. The summed E-state index contributed by atoms with van der Waals surface area (Å²) in [4.78, 5) is 24.9. The Labute approximate surface area is 144 Å². The van der Waals surface area contributed by atoms with Crippen molar-refractivity contribution in [2.75, 3.05) is 6.54 Å². The summed E-state index contributed by atoms with van der Waals surface area (Å²) in [6, 6.07) is 1.42. The third kappa shape index (κ3) is 3.29. The van der Waals surface area contributed by atoms with Crippen LogP contribution in [0, 0.1) is 6.92 Å². The second kappa shape index (κ2) is 6.90. The molecule has 8 heteroatoms. The highest BCUT2D eigenvalue weighted by Gasteiger charge is 2.22. The molecule has 5 N–H and O–H groups in total. The number of rotatable bonds is 5. The average molecular weight is 349 g/mol. The Morgan fingerprint density at radius 2 is 2.12 bits per heavy atom. The summed E-state index contributed by atoms with van der Waals surface area (Å²) in [5, 5.41) is 8.37. The van der Waals surface area contributed by atoms with Crippen LogP contribution in [0.5, 0.6) is 0 Å². The molecule has 2 amide bonds. The highest BCUT2D eigenvalue weighted by molar-refractivity contribution is 7.20. The van der Waals surface area contributed by atoms with Crippen LogP contribution in [0.25, 0.3) is 10.2 Å². The molecule has 1 unspecified atom stereocenters. The van der Waals surface area contributed by atoms with Gasteiger partial charge >= 0.3 is 0 Å². The van der Waals surface area contributed by atoms with Crippen LogP contribution in [0.2, 0.25) is 0 Å². The van der Waals surface area contributed by atoms with Crippen molar-refractivity contribution in [1.82, 2.24) is 15.1 Å². The number of amides is 2. The molecular formula is C16H23N5O2S. The minimum atomic E-state index is -0.872. The standard InChI is InChI=1S/C16H23N5O2S/c1-9-11-7-13(15(23)19-8-12(17)14(18)22)24-16(11)21(20-9)10-5-3-2-4-6-10/h7,10,12H,2-6,8,17H2,1H3,(H2,18,22)(H,19,23).